The fourth-order valence-corrected chi connectivity index (χ4v) is 1.91. The number of H-pyrrole nitrogens is 1. The van der Waals surface area contributed by atoms with Crippen LogP contribution < -0.4 is 5.32 Å². The molecule has 1 amide bonds. The molecule has 1 aliphatic heterocycles. The molecule has 1 aromatic heterocycles. The number of aromatic nitrogens is 1. The van der Waals surface area contributed by atoms with Gasteiger partial charge in [0, 0.05) is 37.3 Å². The second-order valence-corrected chi connectivity index (χ2v) is 4.29. The molecule has 5 heteroatoms. The van der Waals surface area contributed by atoms with Gasteiger partial charge in [0.05, 0.1) is 12.9 Å². The van der Waals surface area contributed by atoms with Crippen molar-refractivity contribution in [3.05, 3.63) is 35.5 Å². The Morgan fingerprint density at radius 1 is 1.62 bits per heavy atom. The summed E-state index contributed by atoms with van der Waals surface area (Å²) in [5.74, 6) is 0. The van der Waals surface area contributed by atoms with Gasteiger partial charge in [0.25, 0.3) is 0 Å². The van der Waals surface area contributed by atoms with Crippen LogP contribution in [0.5, 0.6) is 0 Å². The number of alkyl carbamates (subject to hydrolysis) is 1. The number of carbonyl (C=O) groups is 1. The number of benzene rings is 1. The Labute approximate surface area is 145 Å². The average Bonchev–Trinajstić information content (AvgIpc) is 3.21. The third kappa shape index (κ3) is 3.19. The van der Waals surface area contributed by atoms with Crippen molar-refractivity contribution in [2.75, 3.05) is 27.0 Å². The molecule has 1 atom stereocenters. The average molecular weight is 302 g/mol. The summed E-state index contributed by atoms with van der Waals surface area (Å²) in [6, 6.07) is -3.10. The molecule has 2 N–H and O–H groups in total. The highest BCUT2D eigenvalue weighted by Gasteiger charge is 2.22. The largest absolute Gasteiger partial charge is 0.447 e. The number of ether oxygens (including phenoxy) is 1. The van der Waals surface area contributed by atoms with Gasteiger partial charge in [-0.15, -0.1) is 0 Å². The molecule has 5 nitrogen and oxygen atoms in total. The topological polar surface area (TPSA) is 57.4 Å². The number of amides is 1. The minimum atomic E-state index is -3.70. The maximum Gasteiger partial charge on any atom is 0.407 e. The Hall–Kier alpha value is -2.01. The lowest BCUT2D eigenvalue weighted by molar-refractivity contribution is 0.177. The Balaban J connectivity index is 2.24. The SMILES string of the molecule is [2H]c1c(C[C@@H]2NC(=O)OC2([2H])[2H])c([2H])c2c(C([2H])([2H])C([2H])([2H])N(C([2H])([2H])[2H])C([2H])([2H])[2H])c[nH]c2c1[2H]. The summed E-state index contributed by atoms with van der Waals surface area (Å²) in [7, 11) is 0. The molecular weight excluding hydrogens is 266 g/mol. The molecule has 0 bridgehead atoms. The third-order valence-corrected chi connectivity index (χ3v) is 2.79. The normalized spacial score (nSPS) is 33.7. The van der Waals surface area contributed by atoms with Crippen LogP contribution in [-0.4, -0.2) is 49.0 Å². The third-order valence-electron chi connectivity index (χ3n) is 2.79. The Morgan fingerprint density at radius 2 is 2.52 bits per heavy atom. The minimum absolute atomic E-state index is 0.271. The standard InChI is InChI=1S/C16H21N3O2/c1-19(2)6-5-12-9-17-15-4-3-11(8-14(12)15)7-13-10-21-16(20)18-13/h3-4,8-9,13,17H,5-7,10H2,1-2H3,(H,18,20)/t13-/m0/s1/i1D3,2D3,3D,4D,5D2,6D2,8D,10D2. The second kappa shape index (κ2) is 5.77. The molecule has 0 unspecified atom stereocenters. The Bertz CT molecular complexity index is 1190. The van der Waals surface area contributed by atoms with Crippen LogP contribution in [0.4, 0.5) is 4.79 Å². The summed E-state index contributed by atoms with van der Waals surface area (Å²) < 4.78 is 124. The molecule has 2 heterocycles. The van der Waals surface area contributed by atoms with Gasteiger partial charge in [0.1, 0.15) is 6.56 Å². The van der Waals surface area contributed by atoms with Crippen molar-refractivity contribution in [3.8, 4) is 0 Å². The lowest BCUT2D eigenvalue weighted by Gasteiger charge is -2.09. The first-order valence-corrected chi connectivity index (χ1v) is 5.95. The van der Waals surface area contributed by atoms with Crippen LogP contribution in [-0.2, 0) is 17.5 Å². The number of cyclic esters (lactones) is 1. The lowest BCUT2D eigenvalue weighted by atomic mass is 10.0. The second-order valence-electron chi connectivity index (χ2n) is 4.29. The van der Waals surface area contributed by atoms with E-state index in [-0.39, 0.29) is 11.1 Å². The van der Waals surface area contributed by atoms with Crippen molar-refractivity contribution in [2.24, 2.45) is 0 Å². The zero-order chi connectivity index (χ0) is 27.8. The van der Waals surface area contributed by atoms with Gasteiger partial charge >= 0.3 is 6.09 Å². The highest BCUT2D eigenvalue weighted by Crippen LogP contribution is 2.21. The maximum absolute atomic E-state index is 11.5. The summed E-state index contributed by atoms with van der Waals surface area (Å²) in [6.45, 7) is -13.4. The first kappa shape index (κ1) is 4.74. The molecule has 0 spiro atoms. The number of carbonyl (C=O) groups excluding carboxylic acids is 1. The number of hydrogen-bond donors (Lipinski definition) is 2. The van der Waals surface area contributed by atoms with Gasteiger partial charge in [0.2, 0.25) is 0 Å². The van der Waals surface area contributed by atoms with Crippen LogP contribution in [0.3, 0.4) is 0 Å². The van der Waals surface area contributed by atoms with Crippen LogP contribution in [0, 0.1) is 0 Å². The van der Waals surface area contributed by atoms with Gasteiger partial charge in [-0.3, -0.25) is 0 Å². The zero-order valence-electron chi connectivity index (χ0n) is 25.6. The molecule has 21 heavy (non-hydrogen) atoms. The molecular formula is C16H21N3O2. The maximum atomic E-state index is 11.5. The summed E-state index contributed by atoms with van der Waals surface area (Å²) in [6.07, 6.45) is -4.14. The fraction of sp³-hybridized carbons (Fsp3) is 0.438. The van der Waals surface area contributed by atoms with E-state index in [1.807, 2.05) is 0 Å². The number of hydrogen-bond acceptors (Lipinski definition) is 3. The van der Waals surface area contributed by atoms with Crippen LogP contribution in [0.1, 0.15) is 31.7 Å². The van der Waals surface area contributed by atoms with E-state index in [4.69, 9.17) is 20.6 Å². The highest BCUT2D eigenvalue weighted by atomic mass is 16.6. The number of nitrogens with one attached hydrogen (secondary N) is 2. The van der Waals surface area contributed by atoms with E-state index in [1.165, 1.54) is 0 Å². The van der Waals surface area contributed by atoms with Gasteiger partial charge in [-0.25, -0.2) is 4.79 Å². The van der Waals surface area contributed by atoms with E-state index in [0.717, 1.165) is 6.20 Å². The molecule has 0 saturated carbocycles. The number of nitrogens with zero attached hydrogens (tertiary/aromatic N) is 1. The van der Waals surface area contributed by atoms with Crippen LogP contribution in [0.25, 0.3) is 10.9 Å². The first-order chi connectivity index (χ1) is 16.0. The molecule has 2 aromatic rings. The van der Waals surface area contributed by atoms with E-state index in [2.05, 4.69) is 15.0 Å². The summed E-state index contributed by atoms with van der Waals surface area (Å²) in [5.41, 5.74) is -1.25. The predicted octanol–water partition coefficient (Wildman–Crippen LogP) is 1.92. The molecule has 0 aliphatic carbocycles. The quantitative estimate of drug-likeness (QED) is 0.887. The van der Waals surface area contributed by atoms with Gasteiger partial charge in [-0.05, 0) is 50.0 Å². The molecule has 1 aromatic carbocycles. The molecule has 1 aliphatic rings. The smallest absolute Gasteiger partial charge is 0.407 e. The minimum Gasteiger partial charge on any atom is -0.447 e. The van der Waals surface area contributed by atoms with Crippen LogP contribution >= 0.6 is 0 Å². The van der Waals surface area contributed by atoms with Gasteiger partial charge in [0.15, 0.2) is 0 Å². The number of aryl methyl sites for hydroxylation is 1. The molecule has 0 radical (unpaired) electrons. The predicted molar refractivity (Wildman–Crippen MR) is 82.5 cm³/mol. The molecule has 112 valence electrons. The van der Waals surface area contributed by atoms with Gasteiger partial charge in [-0.2, -0.15) is 0 Å². The van der Waals surface area contributed by atoms with Crippen molar-refractivity contribution in [3.63, 3.8) is 0 Å². The summed E-state index contributed by atoms with van der Waals surface area (Å²) >= 11 is 0. The van der Waals surface area contributed by atoms with Crippen molar-refractivity contribution >= 4 is 17.0 Å². The van der Waals surface area contributed by atoms with Gasteiger partial charge in [-0.1, -0.05) is 6.04 Å². The Morgan fingerprint density at radius 3 is 3.29 bits per heavy atom. The van der Waals surface area contributed by atoms with Crippen molar-refractivity contribution in [2.45, 2.75) is 18.8 Å². The monoisotopic (exact) mass is 302 g/mol. The van der Waals surface area contributed by atoms with E-state index >= 15 is 0 Å². The highest BCUT2D eigenvalue weighted by molar-refractivity contribution is 5.84. The molecule has 1 saturated heterocycles. The molecule has 3 rings (SSSR count). The lowest BCUT2D eigenvalue weighted by Crippen LogP contribution is -2.28. The number of likely N-dealkylation sites (N-methyl/N-ethyl adjacent to an activating group) is 1. The number of fused-ring (bicyclic) bond motifs is 1. The van der Waals surface area contributed by atoms with E-state index in [1.54, 1.807) is 0 Å². The van der Waals surface area contributed by atoms with Gasteiger partial charge < -0.3 is 19.9 Å². The summed E-state index contributed by atoms with van der Waals surface area (Å²) in [4.78, 5) is 13.4. The number of aromatic amines is 1. The van der Waals surface area contributed by atoms with Crippen LogP contribution in [0.15, 0.2) is 24.3 Å². The van der Waals surface area contributed by atoms with Crippen LogP contribution in [0.2, 0.25) is 0 Å². The zero-order valence-corrected chi connectivity index (χ0v) is 10.6. The Kier molecular flexibility index (Phi) is 1.30. The first-order valence-electron chi connectivity index (χ1n) is 13.4. The van der Waals surface area contributed by atoms with E-state index < -0.39 is 85.9 Å². The van der Waals surface area contributed by atoms with Crippen molar-refractivity contribution in [1.82, 2.24) is 15.2 Å². The van der Waals surface area contributed by atoms with Crippen molar-refractivity contribution in [1.29, 1.82) is 0 Å². The fourth-order valence-electron chi connectivity index (χ4n) is 1.91. The summed E-state index contributed by atoms with van der Waals surface area (Å²) in [5, 5.41) is 1.76. The number of rotatable bonds is 5. The van der Waals surface area contributed by atoms with Crippen molar-refractivity contribution < 1.29 is 30.1 Å². The van der Waals surface area contributed by atoms with E-state index in [9.17, 15) is 4.79 Å². The molecule has 1 fully saturated rings. The van der Waals surface area contributed by atoms with E-state index in [0.29, 0.717) is 0 Å².